The minimum absolute atomic E-state index is 0.201. The lowest BCUT2D eigenvalue weighted by Crippen LogP contribution is -2.27. The highest BCUT2D eigenvalue weighted by molar-refractivity contribution is 7.18. The highest BCUT2D eigenvalue weighted by Crippen LogP contribution is 2.23. The van der Waals surface area contributed by atoms with Crippen molar-refractivity contribution in [2.75, 3.05) is 47.0 Å². The zero-order valence-corrected chi connectivity index (χ0v) is 17.9. The summed E-state index contributed by atoms with van der Waals surface area (Å²) in [6.45, 7) is 3.26. The zero-order chi connectivity index (χ0) is 22.5. The molecule has 2 aliphatic rings. The number of nitrogen functional groups attached to an aromatic ring is 1. The van der Waals surface area contributed by atoms with E-state index in [1.54, 1.807) is 12.1 Å². The largest absolute Gasteiger partial charge is 0.374 e. The van der Waals surface area contributed by atoms with Crippen molar-refractivity contribution in [1.29, 1.82) is 0 Å². The van der Waals surface area contributed by atoms with Gasteiger partial charge in [-0.1, -0.05) is 11.3 Å². The van der Waals surface area contributed by atoms with E-state index >= 15 is 0 Å². The average molecular weight is 464 g/mol. The Bertz CT molecular complexity index is 1000. The van der Waals surface area contributed by atoms with Crippen molar-refractivity contribution in [3.63, 3.8) is 0 Å². The maximum Gasteiger partial charge on any atom is 0.233 e. The molecular formula is C18H23F2N11S. The third-order valence-corrected chi connectivity index (χ3v) is 5.75. The second-order valence-electron chi connectivity index (χ2n) is 7.44. The molecule has 2 atom stereocenters. The molecule has 14 heteroatoms. The summed E-state index contributed by atoms with van der Waals surface area (Å²) in [6, 6.07) is 6.33. The third kappa shape index (κ3) is 5.70. The molecule has 0 saturated carbocycles. The number of nitrogens with two attached hydrogens (primary N) is 2. The molecule has 3 aromatic heterocycles. The fraction of sp³-hybridized carbons (Fsp3) is 0.444. The van der Waals surface area contributed by atoms with Gasteiger partial charge in [0.2, 0.25) is 22.2 Å². The van der Waals surface area contributed by atoms with E-state index in [0.717, 1.165) is 44.2 Å². The van der Waals surface area contributed by atoms with E-state index < -0.39 is 11.9 Å². The number of aromatic nitrogens is 6. The Kier molecular flexibility index (Phi) is 6.80. The first kappa shape index (κ1) is 22.0. The van der Waals surface area contributed by atoms with Crippen LogP contribution in [0.4, 0.5) is 30.7 Å². The first-order valence-corrected chi connectivity index (χ1v) is 10.9. The molecule has 5 rings (SSSR count). The molecular weight excluding hydrogens is 440 g/mol. The normalized spacial score (nSPS) is 20.2. The summed E-state index contributed by atoms with van der Waals surface area (Å²) >= 11 is 1.32. The van der Waals surface area contributed by atoms with E-state index in [0.29, 0.717) is 16.8 Å². The van der Waals surface area contributed by atoms with Gasteiger partial charge in [-0.3, -0.25) is 0 Å². The van der Waals surface area contributed by atoms with Gasteiger partial charge in [-0.05, 0) is 37.1 Å². The monoisotopic (exact) mass is 463 g/mol. The number of anilines is 4. The standard InChI is InChI=1S/C10H12FN7S.C8H11FN4/c11-7-1-2-8(15-14-7)18-4-3-6(5-18)13-10-17-16-9(12)19-10;9-7-1-2-8(12-11-7)13-4-3-6(10)5-13/h1-2,6H,3-5H2,(H2,12,16)(H,13,17);1-2,6H,3-5,10H2/t2*6-/m11/s1. The summed E-state index contributed by atoms with van der Waals surface area (Å²) in [5, 5.41) is 26.5. The summed E-state index contributed by atoms with van der Waals surface area (Å²) in [4.78, 5) is 4.06. The lowest BCUT2D eigenvalue weighted by atomic mass is 10.3. The van der Waals surface area contributed by atoms with Crippen molar-refractivity contribution in [3.05, 3.63) is 36.2 Å². The third-order valence-electron chi connectivity index (χ3n) is 5.07. The van der Waals surface area contributed by atoms with Crippen LogP contribution in [0.15, 0.2) is 24.3 Å². The van der Waals surface area contributed by atoms with Gasteiger partial charge in [0.15, 0.2) is 11.6 Å². The van der Waals surface area contributed by atoms with E-state index in [4.69, 9.17) is 11.5 Å². The summed E-state index contributed by atoms with van der Waals surface area (Å²) < 4.78 is 25.1. The molecule has 0 radical (unpaired) electrons. The maximum atomic E-state index is 12.7. The number of nitrogens with one attached hydrogen (secondary N) is 1. The Morgan fingerprint density at radius 2 is 1.47 bits per heavy atom. The SMILES string of the molecule is N[C@@H]1CCN(c2ccc(F)nn2)C1.Nc1nnc(N[C@@H]2CCN(c3ccc(F)nn3)C2)s1. The average Bonchev–Trinajstić information content (AvgIpc) is 3.52. The summed E-state index contributed by atoms with van der Waals surface area (Å²) in [5.41, 5.74) is 11.3. The van der Waals surface area contributed by atoms with Gasteiger partial charge in [0.1, 0.15) is 0 Å². The van der Waals surface area contributed by atoms with Crippen LogP contribution in [0.1, 0.15) is 12.8 Å². The van der Waals surface area contributed by atoms with E-state index in [1.807, 2.05) is 4.90 Å². The van der Waals surface area contributed by atoms with Gasteiger partial charge < -0.3 is 26.6 Å². The molecule has 2 aliphatic heterocycles. The molecule has 11 nitrogen and oxygen atoms in total. The predicted octanol–water partition coefficient (Wildman–Crippen LogP) is 0.893. The number of hydrogen-bond donors (Lipinski definition) is 3. The van der Waals surface area contributed by atoms with Gasteiger partial charge in [-0.25, -0.2) is 0 Å². The van der Waals surface area contributed by atoms with E-state index in [9.17, 15) is 8.78 Å². The van der Waals surface area contributed by atoms with E-state index in [2.05, 4.69) is 40.8 Å². The van der Waals surface area contributed by atoms with Crippen LogP contribution < -0.4 is 26.6 Å². The molecule has 3 aromatic rings. The fourth-order valence-electron chi connectivity index (χ4n) is 3.50. The molecule has 0 aromatic carbocycles. The van der Waals surface area contributed by atoms with Gasteiger partial charge in [-0.15, -0.1) is 30.6 Å². The second kappa shape index (κ2) is 9.91. The smallest absolute Gasteiger partial charge is 0.233 e. The zero-order valence-electron chi connectivity index (χ0n) is 17.1. The van der Waals surface area contributed by atoms with Crippen molar-refractivity contribution in [2.24, 2.45) is 5.73 Å². The van der Waals surface area contributed by atoms with Crippen molar-refractivity contribution in [2.45, 2.75) is 24.9 Å². The van der Waals surface area contributed by atoms with Crippen LogP contribution in [0, 0.1) is 11.9 Å². The Morgan fingerprint density at radius 3 is 1.97 bits per heavy atom. The lowest BCUT2D eigenvalue weighted by Gasteiger charge is -2.16. The molecule has 2 saturated heterocycles. The van der Waals surface area contributed by atoms with Crippen molar-refractivity contribution in [1.82, 2.24) is 30.6 Å². The molecule has 32 heavy (non-hydrogen) atoms. The topological polar surface area (TPSA) is 148 Å². The number of nitrogens with zero attached hydrogens (tertiary/aromatic N) is 8. The van der Waals surface area contributed by atoms with E-state index in [-0.39, 0.29) is 12.1 Å². The Hall–Kier alpha value is -3.26. The summed E-state index contributed by atoms with van der Waals surface area (Å²) in [5.74, 6) is 0.269. The van der Waals surface area contributed by atoms with Gasteiger partial charge >= 0.3 is 0 Å². The van der Waals surface area contributed by atoms with Crippen LogP contribution in [0.3, 0.4) is 0 Å². The highest BCUT2D eigenvalue weighted by Gasteiger charge is 2.24. The van der Waals surface area contributed by atoms with Crippen LogP contribution in [-0.4, -0.2) is 68.9 Å². The van der Waals surface area contributed by atoms with Gasteiger partial charge in [0, 0.05) is 38.3 Å². The number of halogens is 2. The Balaban J connectivity index is 0.000000165. The van der Waals surface area contributed by atoms with Crippen LogP contribution in [0.25, 0.3) is 0 Å². The summed E-state index contributed by atoms with van der Waals surface area (Å²) in [7, 11) is 0. The van der Waals surface area contributed by atoms with Crippen LogP contribution in [-0.2, 0) is 0 Å². The second-order valence-corrected chi connectivity index (χ2v) is 8.45. The molecule has 0 spiro atoms. The highest BCUT2D eigenvalue weighted by atomic mass is 32.1. The molecule has 0 amide bonds. The molecule has 0 bridgehead atoms. The van der Waals surface area contributed by atoms with Crippen molar-refractivity contribution < 1.29 is 8.78 Å². The van der Waals surface area contributed by atoms with Gasteiger partial charge in [-0.2, -0.15) is 8.78 Å². The first-order valence-electron chi connectivity index (χ1n) is 10.1. The fourth-order valence-corrected chi connectivity index (χ4v) is 4.09. The van der Waals surface area contributed by atoms with Crippen LogP contribution in [0.2, 0.25) is 0 Å². The Morgan fingerprint density at radius 1 is 0.844 bits per heavy atom. The number of rotatable bonds is 4. The molecule has 5 heterocycles. The molecule has 0 aliphatic carbocycles. The number of hydrogen-bond acceptors (Lipinski definition) is 12. The van der Waals surface area contributed by atoms with Crippen molar-refractivity contribution >= 4 is 33.2 Å². The van der Waals surface area contributed by atoms with Crippen LogP contribution in [0.5, 0.6) is 0 Å². The van der Waals surface area contributed by atoms with Crippen molar-refractivity contribution in [3.8, 4) is 0 Å². The van der Waals surface area contributed by atoms with Crippen LogP contribution >= 0.6 is 11.3 Å². The molecule has 170 valence electrons. The molecule has 0 unspecified atom stereocenters. The maximum absolute atomic E-state index is 12.7. The minimum Gasteiger partial charge on any atom is -0.374 e. The minimum atomic E-state index is -0.568. The first-order chi connectivity index (χ1) is 15.5. The lowest BCUT2D eigenvalue weighted by molar-refractivity contribution is 0.562. The predicted molar refractivity (Wildman–Crippen MR) is 117 cm³/mol. The summed E-state index contributed by atoms with van der Waals surface area (Å²) in [6.07, 6.45) is 1.90. The Labute approximate surface area is 186 Å². The molecule has 2 fully saturated rings. The van der Waals surface area contributed by atoms with Gasteiger partial charge in [0.05, 0.1) is 0 Å². The van der Waals surface area contributed by atoms with E-state index in [1.165, 1.54) is 23.5 Å². The molecule has 5 N–H and O–H groups in total. The van der Waals surface area contributed by atoms with Gasteiger partial charge in [0.25, 0.3) is 0 Å². The quantitative estimate of drug-likeness (QED) is 0.506.